The Morgan fingerprint density at radius 3 is 1.55 bits per heavy atom. The molecule has 0 bridgehead atoms. The van der Waals surface area contributed by atoms with E-state index in [1.54, 1.807) is 18.2 Å². The van der Waals surface area contributed by atoms with Gasteiger partial charge in [-0.25, -0.2) is 0 Å². The number of nitrogens with one attached hydrogen (secondary N) is 1. The van der Waals surface area contributed by atoms with Crippen LogP contribution in [0.3, 0.4) is 0 Å². The molecule has 274 valence electrons. The Hall–Kier alpha value is -6.11. The van der Waals surface area contributed by atoms with Gasteiger partial charge in [-0.1, -0.05) is 56.7 Å². The molecule has 0 aliphatic carbocycles. The van der Waals surface area contributed by atoms with Crippen molar-refractivity contribution in [1.82, 2.24) is 0 Å². The molecule has 4 rings (SSSR count). The predicted octanol–water partition coefficient (Wildman–Crippen LogP) is 8.09. The van der Waals surface area contributed by atoms with Gasteiger partial charge in [-0.2, -0.15) is 0 Å². The maximum absolute atomic E-state index is 10.7. The first kappa shape index (κ1) is 44.9. The molecule has 5 N–H and O–H groups in total. The van der Waals surface area contributed by atoms with Gasteiger partial charge in [0.15, 0.2) is 0 Å². The van der Waals surface area contributed by atoms with Crippen molar-refractivity contribution in [3.63, 3.8) is 0 Å². The lowest BCUT2D eigenvalue weighted by Crippen LogP contribution is -2.05. The Kier molecular flexibility index (Phi) is 21.2. The van der Waals surface area contributed by atoms with E-state index >= 15 is 0 Å². The number of amides is 1. The van der Waals surface area contributed by atoms with E-state index in [2.05, 4.69) is 17.0 Å². The first-order valence-electron chi connectivity index (χ1n) is 16.1. The first-order valence-corrected chi connectivity index (χ1v) is 16.1. The Labute approximate surface area is 299 Å². The van der Waals surface area contributed by atoms with Crippen LogP contribution in [0.4, 0.5) is 28.4 Å². The number of nitro benzene ring substituents is 2. The number of nitrogen functional groups attached to an aromatic ring is 2. The minimum Gasteiger partial charge on any atom is -0.399 e. The molecule has 0 fully saturated rings. The zero-order valence-electron chi connectivity index (χ0n) is 30.5. The van der Waals surface area contributed by atoms with Crippen LogP contribution < -0.4 is 16.8 Å². The third-order valence-electron chi connectivity index (χ3n) is 6.48. The van der Waals surface area contributed by atoms with E-state index in [0.717, 1.165) is 28.9 Å². The SMILES string of the molecule is CC(=O)OC(C)=O.CCc1cc(C)ccc1[N+](=O)[O-].CCc1cc(N)ccc1[N+](=O)[O-].CCc1cccc(NC(C)=O)c1.Cc1cccc(N)c1. The number of hydrogen-bond donors (Lipinski definition) is 3. The van der Waals surface area contributed by atoms with Crippen molar-refractivity contribution in [1.29, 1.82) is 0 Å². The quantitative estimate of drug-likeness (QED) is 0.0577. The lowest BCUT2D eigenvalue weighted by atomic mass is 10.1. The largest absolute Gasteiger partial charge is 0.399 e. The number of hydrogen-bond acceptors (Lipinski definition) is 10. The van der Waals surface area contributed by atoms with Crippen molar-refractivity contribution < 1.29 is 29.0 Å². The molecule has 0 aromatic heterocycles. The maximum atomic E-state index is 10.7. The highest BCUT2D eigenvalue weighted by molar-refractivity contribution is 5.88. The molecule has 0 spiro atoms. The van der Waals surface area contributed by atoms with Crippen LogP contribution in [-0.4, -0.2) is 27.7 Å². The molecule has 1 amide bonds. The Bertz CT molecular complexity index is 1670. The highest BCUT2D eigenvalue weighted by Crippen LogP contribution is 2.21. The smallest absolute Gasteiger partial charge is 0.310 e. The van der Waals surface area contributed by atoms with Gasteiger partial charge in [0.1, 0.15) is 0 Å². The number of benzene rings is 4. The summed E-state index contributed by atoms with van der Waals surface area (Å²) in [6.07, 6.45) is 2.33. The predicted molar refractivity (Wildman–Crippen MR) is 202 cm³/mol. The fraction of sp³-hybridized carbons (Fsp3) is 0.289. The average Bonchev–Trinajstić information content (AvgIpc) is 3.04. The molecule has 4 aromatic rings. The second kappa shape index (κ2) is 24.1. The normalized spacial score (nSPS) is 9.33. The van der Waals surface area contributed by atoms with Crippen molar-refractivity contribution in [2.24, 2.45) is 0 Å². The molecule has 0 aliphatic heterocycles. The van der Waals surface area contributed by atoms with Crippen molar-refractivity contribution in [3.8, 4) is 0 Å². The summed E-state index contributed by atoms with van der Waals surface area (Å²) >= 11 is 0. The number of carbonyl (C=O) groups excluding carboxylic acids is 3. The molecule has 0 saturated heterocycles. The highest BCUT2D eigenvalue weighted by Gasteiger charge is 2.11. The van der Waals surface area contributed by atoms with Gasteiger partial charge in [-0.05, 0) is 86.7 Å². The minimum atomic E-state index is -0.562. The highest BCUT2D eigenvalue weighted by atomic mass is 16.6. The molecular formula is C38H49N5O8. The zero-order chi connectivity index (χ0) is 39.1. The maximum Gasteiger partial charge on any atom is 0.310 e. The topological polar surface area (TPSA) is 211 Å². The number of carbonyl (C=O) groups is 3. The van der Waals surface area contributed by atoms with Crippen molar-refractivity contribution in [2.75, 3.05) is 16.8 Å². The molecule has 0 unspecified atom stereocenters. The van der Waals surface area contributed by atoms with E-state index in [4.69, 9.17) is 11.5 Å². The van der Waals surface area contributed by atoms with Crippen LogP contribution in [0.15, 0.2) is 84.9 Å². The van der Waals surface area contributed by atoms with Crippen LogP contribution in [0.1, 0.15) is 69.4 Å². The number of nitrogens with zero attached hydrogens (tertiary/aromatic N) is 2. The van der Waals surface area contributed by atoms with Gasteiger partial charge in [0, 0.05) is 61.1 Å². The van der Waals surface area contributed by atoms with Crippen LogP contribution in [0, 0.1) is 34.1 Å². The molecule has 4 aromatic carbocycles. The van der Waals surface area contributed by atoms with Crippen molar-refractivity contribution >= 4 is 46.3 Å². The summed E-state index contributed by atoms with van der Waals surface area (Å²) in [6, 6.07) is 25.5. The van der Waals surface area contributed by atoms with E-state index in [1.807, 2.05) is 82.3 Å². The molecule has 0 atom stereocenters. The van der Waals surface area contributed by atoms with Gasteiger partial charge in [-0.3, -0.25) is 34.6 Å². The fourth-order valence-corrected chi connectivity index (χ4v) is 4.19. The summed E-state index contributed by atoms with van der Waals surface area (Å²) in [5, 5.41) is 23.7. The lowest BCUT2D eigenvalue weighted by molar-refractivity contribution is -0.385. The summed E-state index contributed by atoms with van der Waals surface area (Å²) in [6.45, 7) is 13.7. The summed E-state index contributed by atoms with van der Waals surface area (Å²) in [4.78, 5) is 50.6. The Morgan fingerprint density at radius 1 is 0.647 bits per heavy atom. The third kappa shape index (κ3) is 20.1. The van der Waals surface area contributed by atoms with Gasteiger partial charge >= 0.3 is 11.9 Å². The number of esters is 2. The number of aryl methyl sites for hydroxylation is 5. The molecular weight excluding hydrogens is 654 g/mol. The molecule has 0 radical (unpaired) electrons. The molecule has 0 saturated carbocycles. The van der Waals surface area contributed by atoms with Crippen LogP contribution in [0.25, 0.3) is 0 Å². The fourth-order valence-electron chi connectivity index (χ4n) is 4.19. The summed E-state index contributed by atoms with van der Waals surface area (Å²) in [5.74, 6) is -1.15. The van der Waals surface area contributed by atoms with Crippen LogP contribution in [0.5, 0.6) is 0 Å². The van der Waals surface area contributed by atoms with Gasteiger partial charge in [0.05, 0.1) is 9.85 Å². The number of nitro groups is 2. The summed E-state index contributed by atoms with van der Waals surface area (Å²) < 4.78 is 3.97. The molecule has 13 nitrogen and oxygen atoms in total. The second-order valence-corrected chi connectivity index (χ2v) is 11.0. The third-order valence-corrected chi connectivity index (χ3v) is 6.48. The Morgan fingerprint density at radius 2 is 1.14 bits per heavy atom. The molecule has 13 heteroatoms. The van der Waals surface area contributed by atoms with Gasteiger partial charge in [0.25, 0.3) is 11.4 Å². The van der Waals surface area contributed by atoms with Crippen molar-refractivity contribution in [3.05, 3.63) is 133 Å². The van der Waals surface area contributed by atoms with Crippen LogP contribution in [0.2, 0.25) is 0 Å². The van der Waals surface area contributed by atoms with E-state index in [0.29, 0.717) is 24.1 Å². The summed E-state index contributed by atoms with van der Waals surface area (Å²) in [5.41, 5.74) is 18.6. The monoisotopic (exact) mass is 703 g/mol. The Balaban J connectivity index is 0.000000623. The minimum absolute atomic E-state index is 0.0248. The van der Waals surface area contributed by atoms with E-state index in [-0.39, 0.29) is 22.2 Å². The van der Waals surface area contributed by atoms with Crippen LogP contribution >= 0.6 is 0 Å². The molecule has 0 aliphatic rings. The van der Waals surface area contributed by atoms with E-state index in [9.17, 15) is 34.6 Å². The lowest BCUT2D eigenvalue weighted by Gasteiger charge is -2.02. The number of nitrogens with two attached hydrogens (primary N) is 2. The average molecular weight is 704 g/mol. The van der Waals surface area contributed by atoms with E-state index < -0.39 is 16.9 Å². The van der Waals surface area contributed by atoms with Crippen LogP contribution in [-0.2, 0) is 38.4 Å². The first-order chi connectivity index (χ1) is 23.9. The van der Waals surface area contributed by atoms with Gasteiger partial charge < -0.3 is 21.5 Å². The number of anilines is 3. The van der Waals surface area contributed by atoms with E-state index in [1.165, 1.54) is 44.0 Å². The number of rotatable bonds is 6. The molecule has 0 heterocycles. The van der Waals surface area contributed by atoms with Crippen molar-refractivity contribution in [2.45, 2.75) is 74.7 Å². The second-order valence-electron chi connectivity index (χ2n) is 11.0. The molecule has 51 heavy (non-hydrogen) atoms. The number of ether oxygens (including phenoxy) is 1. The zero-order valence-corrected chi connectivity index (χ0v) is 30.5. The van der Waals surface area contributed by atoms with Gasteiger partial charge in [0.2, 0.25) is 5.91 Å². The standard InChI is InChI=1S/C10H13NO.C9H11NO2.C8H10N2O2.C7H9N.C4H6O3/c1-3-9-5-4-6-10(7-9)11-8(2)12;1-3-8-6-7(2)4-5-9(8)10(11)12;1-2-6-5-7(9)3-4-8(6)10(11)12;1-6-3-2-4-7(8)5-6;1-3(5)7-4(2)6/h4-7H,3H2,1-2H3,(H,11,12);4-6H,3H2,1-2H3;3-5H,2,9H2,1H3;2-5H,8H2,1H3;1-2H3. The van der Waals surface area contributed by atoms with Gasteiger partial charge in [-0.15, -0.1) is 0 Å². The summed E-state index contributed by atoms with van der Waals surface area (Å²) in [7, 11) is 0.